The van der Waals surface area contributed by atoms with Crippen LogP contribution in [0.25, 0.3) is 22.6 Å². The van der Waals surface area contributed by atoms with Crippen molar-refractivity contribution >= 4 is 40.1 Å². The molecule has 210 valence electrons. The molecule has 2 N–H and O–H groups in total. The minimum absolute atomic E-state index is 0.0541. The molecule has 0 aliphatic heterocycles. The molecule has 0 spiro atoms. The van der Waals surface area contributed by atoms with Gasteiger partial charge in [0.2, 0.25) is 5.78 Å². The molecule has 9 heteroatoms. The molecular formula is C32H32N4O5. The van der Waals surface area contributed by atoms with E-state index in [1.807, 2.05) is 18.2 Å². The summed E-state index contributed by atoms with van der Waals surface area (Å²) in [6, 6.07) is 15.7. The maximum atomic E-state index is 13.5. The highest BCUT2D eigenvalue weighted by molar-refractivity contribution is 6.08. The molecular weight excluding hydrogens is 520 g/mol. The summed E-state index contributed by atoms with van der Waals surface area (Å²) in [7, 11) is 2.61. The summed E-state index contributed by atoms with van der Waals surface area (Å²) in [4.78, 5) is 56.1. The van der Waals surface area contributed by atoms with Gasteiger partial charge in [-0.05, 0) is 52.7 Å². The molecule has 5 rings (SSSR count). The molecule has 0 fully saturated rings. The smallest absolute Gasteiger partial charge is 0.339 e. The third-order valence-corrected chi connectivity index (χ3v) is 7.59. The zero-order chi connectivity index (χ0) is 29.6. The summed E-state index contributed by atoms with van der Waals surface area (Å²) >= 11 is 0. The van der Waals surface area contributed by atoms with Crippen LogP contribution in [0.1, 0.15) is 70.3 Å². The van der Waals surface area contributed by atoms with Crippen LogP contribution in [0, 0.1) is 0 Å². The van der Waals surface area contributed by atoms with Crippen molar-refractivity contribution in [3.63, 3.8) is 0 Å². The van der Waals surface area contributed by atoms with Crippen LogP contribution in [-0.4, -0.2) is 32.5 Å². The second-order valence-corrected chi connectivity index (χ2v) is 11.3. The van der Waals surface area contributed by atoms with Gasteiger partial charge in [0.15, 0.2) is 6.61 Å². The fraction of sp³-hybridized carbons (Fsp3) is 0.281. The number of carbonyl (C=O) groups is 2. The number of carbonyl (C=O) groups excluding carboxylic acids is 2. The number of ketones is 1. The minimum atomic E-state index is -0.841. The first-order chi connectivity index (χ1) is 19.4. The second kappa shape index (κ2) is 10.3. The number of rotatable bonds is 5. The van der Waals surface area contributed by atoms with E-state index < -0.39 is 35.2 Å². The third-order valence-electron chi connectivity index (χ3n) is 7.59. The number of aromatic nitrogens is 3. The van der Waals surface area contributed by atoms with Gasteiger partial charge in [-0.15, -0.1) is 0 Å². The first-order valence-electron chi connectivity index (χ1n) is 13.4. The Morgan fingerprint density at radius 3 is 2.34 bits per heavy atom. The summed E-state index contributed by atoms with van der Waals surface area (Å²) in [6.45, 7) is 5.82. The molecule has 0 radical (unpaired) electrons. The normalized spacial score (nSPS) is 13.9. The Hall–Kier alpha value is -4.79. The maximum absolute atomic E-state index is 13.5. The number of pyridine rings is 1. The van der Waals surface area contributed by atoms with E-state index in [1.165, 1.54) is 19.7 Å². The van der Waals surface area contributed by atoms with E-state index in [9.17, 15) is 19.2 Å². The Morgan fingerprint density at radius 1 is 0.976 bits per heavy atom. The highest BCUT2D eigenvalue weighted by Crippen LogP contribution is 2.38. The lowest BCUT2D eigenvalue weighted by molar-refractivity contribution is 0.0475. The zero-order valence-electron chi connectivity index (χ0n) is 23.8. The van der Waals surface area contributed by atoms with E-state index in [0.717, 1.165) is 31.5 Å². The van der Waals surface area contributed by atoms with Crippen molar-refractivity contribution in [1.82, 2.24) is 14.1 Å². The van der Waals surface area contributed by atoms with E-state index in [-0.39, 0.29) is 11.2 Å². The van der Waals surface area contributed by atoms with Crippen LogP contribution < -0.4 is 17.0 Å². The van der Waals surface area contributed by atoms with Crippen LogP contribution in [0.3, 0.4) is 0 Å². The van der Waals surface area contributed by atoms with Gasteiger partial charge in [0.25, 0.3) is 5.56 Å². The summed E-state index contributed by atoms with van der Waals surface area (Å²) in [6.07, 6.45) is 3.38. The predicted molar refractivity (Wildman–Crippen MR) is 159 cm³/mol. The molecule has 2 aromatic heterocycles. The number of nitrogens with two attached hydrogens (primary N) is 1. The van der Waals surface area contributed by atoms with Crippen LogP contribution in [0.15, 0.2) is 58.1 Å². The van der Waals surface area contributed by atoms with Crippen molar-refractivity contribution in [2.45, 2.75) is 39.0 Å². The summed E-state index contributed by atoms with van der Waals surface area (Å²) in [5.41, 5.74) is 9.85. The van der Waals surface area contributed by atoms with Gasteiger partial charge in [0, 0.05) is 19.5 Å². The molecule has 41 heavy (non-hydrogen) atoms. The fourth-order valence-corrected chi connectivity index (χ4v) is 5.19. The van der Waals surface area contributed by atoms with Crippen molar-refractivity contribution < 1.29 is 14.3 Å². The Kier molecular flexibility index (Phi) is 6.98. The van der Waals surface area contributed by atoms with Crippen LogP contribution >= 0.6 is 0 Å². The van der Waals surface area contributed by atoms with Gasteiger partial charge >= 0.3 is 11.7 Å². The minimum Gasteiger partial charge on any atom is -0.454 e. The molecule has 2 heterocycles. The molecule has 0 saturated heterocycles. The largest absolute Gasteiger partial charge is 0.454 e. The van der Waals surface area contributed by atoms with Gasteiger partial charge in [-0.2, -0.15) is 0 Å². The van der Waals surface area contributed by atoms with E-state index in [2.05, 4.69) is 51.1 Å². The Bertz CT molecular complexity index is 1870. The van der Waals surface area contributed by atoms with Crippen LogP contribution in [0.4, 0.5) is 5.82 Å². The summed E-state index contributed by atoms with van der Waals surface area (Å²) in [5, 5.41) is 0.622. The number of anilines is 1. The number of allylic oxidation sites excluding steroid dienone is 1. The first kappa shape index (κ1) is 27.8. The summed E-state index contributed by atoms with van der Waals surface area (Å²) in [5.74, 6) is -1.76. The number of benzene rings is 2. The highest BCUT2D eigenvalue weighted by atomic mass is 16.5. The molecule has 4 aromatic rings. The highest BCUT2D eigenvalue weighted by Gasteiger charge is 2.29. The number of fused-ring (bicyclic) bond motifs is 2. The number of ether oxygens (including phenoxy) is 1. The Labute approximate surface area is 236 Å². The predicted octanol–water partition coefficient (Wildman–Crippen LogP) is 4.04. The molecule has 0 amide bonds. The lowest BCUT2D eigenvalue weighted by Crippen LogP contribution is -2.42. The van der Waals surface area contributed by atoms with Crippen molar-refractivity contribution in [1.29, 1.82) is 0 Å². The van der Waals surface area contributed by atoms with Gasteiger partial charge in [-0.3, -0.25) is 18.7 Å². The number of Topliss-reactive ketones (excluding diaryl/α,β-unsaturated/α-hetero) is 1. The molecule has 0 unspecified atom stereocenters. The van der Waals surface area contributed by atoms with Crippen LogP contribution in [-0.2, 0) is 30.7 Å². The van der Waals surface area contributed by atoms with Crippen LogP contribution in [0.2, 0.25) is 0 Å². The van der Waals surface area contributed by atoms with E-state index in [4.69, 9.17) is 15.5 Å². The van der Waals surface area contributed by atoms with Crippen LogP contribution in [0.5, 0.6) is 0 Å². The van der Waals surface area contributed by atoms with E-state index in [1.54, 1.807) is 6.07 Å². The first-order valence-corrected chi connectivity index (χ1v) is 13.4. The number of nitrogens with zero attached hydrogens (tertiary/aromatic N) is 3. The molecule has 2 aromatic carbocycles. The molecule has 0 bridgehead atoms. The number of hydrogen-bond acceptors (Lipinski definition) is 7. The summed E-state index contributed by atoms with van der Waals surface area (Å²) < 4.78 is 7.26. The molecule has 1 aliphatic rings. The van der Waals surface area contributed by atoms with Crippen molar-refractivity contribution in [2.75, 3.05) is 12.3 Å². The average Bonchev–Trinajstić information content (AvgIpc) is 3.34. The monoisotopic (exact) mass is 552 g/mol. The maximum Gasteiger partial charge on any atom is 0.339 e. The average molecular weight is 553 g/mol. The van der Waals surface area contributed by atoms with Crippen molar-refractivity contribution in [3.8, 4) is 0 Å². The number of para-hydroxylation sites is 1. The lowest BCUT2D eigenvalue weighted by Gasteiger charge is -2.18. The van der Waals surface area contributed by atoms with Gasteiger partial charge in [0.1, 0.15) is 11.4 Å². The number of nitrogen functional groups attached to an aromatic ring is 1. The van der Waals surface area contributed by atoms with Gasteiger partial charge in [-0.25, -0.2) is 14.6 Å². The molecule has 1 aliphatic carbocycles. The van der Waals surface area contributed by atoms with Crippen molar-refractivity contribution in [3.05, 3.63) is 103 Å². The molecule has 0 atom stereocenters. The van der Waals surface area contributed by atoms with Crippen molar-refractivity contribution in [2.24, 2.45) is 14.1 Å². The third kappa shape index (κ3) is 4.99. The second-order valence-electron chi connectivity index (χ2n) is 11.3. The topological polar surface area (TPSA) is 126 Å². The van der Waals surface area contributed by atoms with E-state index in [0.29, 0.717) is 29.3 Å². The Balaban J connectivity index is 1.49. The van der Waals surface area contributed by atoms with Gasteiger partial charge < -0.3 is 10.5 Å². The quantitative estimate of drug-likeness (QED) is 0.293. The lowest BCUT2D eigenvalue weighted by atomic mass is 9.86. The fourth-order valence-electron chi connectivity index (χ4n) is 5.19. The van der Waals surface area contributed by atoms with Gasteiger partial charge in [0.05, 0.1) is 16.8 Å². The molecule has 0 saturated carbocycles. The molecule has 9 nitrogen and oxygen atoms in total. The standard InChI is InChI=1S/C32H32N4O5/c1-32(2,3)20-13-10-18(11-14-20)16-19-12-15-22-25(21-8-6-7-9-23(21)34-27(19)22)30(39)41-17-24(37)26-28(33)35(4)31(40)36(5)29(26)38/h6-11,13-14,16H,12,15,17,33H2,1-5H3. The van der Waals surface area contributed by atoms with E-state index >= 15 is 0 Å². The zero-order valence-corrected chi connectivity index (χ0v) is 23.8. The number of esters is 1. The number of hydrogen-bond donors (Lipinski definition) is 1. The SMILES string of the molecule is Cn1c(N)c(C(=O)COC(=O)c2c3c(nc4ccccc24)C(=Cc2ccc(C(C)(C)C)cc2)CC3)c(=O)n(C)c1=O. The Morgan fingerprint density at radius 2 is 1.66 bits per heavy atom. The van der Waals surface area contributed by atoms with Gasteiger partial charge in [-0.1, -0.05) is 63.2 Å².